The lowest BCUT2D eigenvalue weighted by Gasteiger charge is -2.27. The first-order valence-electron chi connectivity index (χ1n) is 27.4. The molecule has 1 aromatic heterocycles. The first-order valence-corrected chi connectivity index (χ1v) is 27.4. The first kappa shape index (κ1) is 68.4. The predicted molar refractivity (Wildman–Crippen MR) is 310 cm³/mol. The fourth-order valence-electron chi connectivity index (χ4n) is 8.52. The van der Waals surface area contributed by atoms with E-state index in [9.17, 15) is 68.1 Å². The molecule has 4 rings (SSSR count). The number of nitrogens with zero attached hydrogens (tertiary/aromatic N) is 2. The molecular formula is C56H76N16O14. The third kappa shape index (κ3) is 24.0. The summed E-state index contributed by atoms with van der Waals surface area (Å²) in [6, 6.07) is 7.69. The zero-order valence-electron chi connectivity index (χ0n) is 47.5. The molecule has 86 heavy (non-hydrogen) atoms. The summed E-state index contributed by atoms with van der Waals surface area (Å²) >= 11 is 0. The number of nitrogens with one attached hydrogen (secondary N) is 9. The highest BCUT2D eigenvalue weighted by atomic mass is 16.4. The van der Waals surface area contributed by atoms with E-state index >= 15 is 0 Å². The number of phenols is 2. The number of primary amides is 2. The zero-order valence-corrected chi connectivity index (χ0v) is 47.5. The quantitative estimate of drug-likeness (QED) is 0.0118. The molecule has 0 bridgehead atoms. The maximum atomic E-state index is 14.4. The van der Waals surface area contributed by atoms with Crippen molar-refractivity contribution in [3.8, 4) is 11.5 Å². The number of carbonyl (C=O) groups is 11. The van der Waals surface area contributed by atoms with Gasteiger partial charge in [-0.3, -0.25) is 52.9 Å². The molecule has 0 saturated heterocycles. The Morgan fingerprint density at radius 2 is 1.05 bits per heavy atom. The molecule has 0 aliphatic carbocycles. The van der Waals surface area contributed by atoms with Crippen LogP contribution in [0.3, 0.4) is 0 Å². The lowest BCUT2D eigenvalue weighted by Crippen LogP contribution is -2.60. The highest BCUT2D eigenvalue weighted by molar-refractivity contribution is 5.98. The van der Waals surface area contributed by atoms with Crippen LogP contribution in [0.1, 0.15) is 74.8 Å². The molecule has 9 atom stereocenters. The van der Waals surface area contributed by atoms with Crippen LogP contribution >= 0.6 is 0 Å². The number of nitrogens with two attached hydrogens (primary N) is 5. The van der Waals surface area contributed by atoms with Crippen molar-refractivity contribution in [2.45, 2.75) is 126 Å². The molecule has 0 saturated carbocycles. The van der Waals surface area contributed by atoms with E-state index in [4.69, 9.17) is 28.7 Å². The summed E-state index contributed by atoms with van der Waals surface area (Å²) in [6.45, 7) is 2.38. The Labute approximate surface area is 494 Å². The zero-order chi connectivity index (χ0) is 63.5. The van der Waals surface area contributed by atoms with Gasteiger partial charge in [0, 0.05) is 50.5 Å². The fourth-order valence-corrected chi connectivity index (χ4v) is 8.52. The average molecular weight is 1200 g/mol. The molecule has 30 heteroatoms. The number of benzene rings is 3. The summed E-state index contributed by atoms with van der Waals surface area (Å²) in [5, 5.41) is 49.7. The van der Waals surface area contributed by atoms with Crippen molar-refractivity contribution in [1.29, 1.82) is 0 Å². The molecule has 4 aromatic rings. The van der Waals surface area contributed by atoms with Crippen LogP contribution in [0, 0.1) is 5.92 Å². The van der Waals surface area contributed by atoms with E-state index in [2.05, 4.69) is 57.5 Å². The third-order valence-corrected chi connectivity index (χ3v) is 13.4. The van der Waals surface area contributed by atoms with Crippen molar-refractivity contribution in [3.05, 3.63) is 114 Å². The fraction of sp³-hybridized carbons (Fsp3) is 0.411. The SMILES string of the molecule is CC[C@H](C)[C@H](NC(=O)[C@H](CC(N)=O)NC(=O)[C@H](Cc1ccc(O)cc1)NC(=O)[C@H](Cc1ccc(O)cc1)NC(=O)CNC(=O)[C@H](CCCN=C(N)N)NC(=O)[C@H](CCC(N)=O)NC(=O)[C@H](Cc1ccccc1)NC(=O)[C@@H](N)Cc1cnc[nH]1)C(=O)O. The third-order valence-electron chi connectivity index (χ3n) is 13.4. The minimum atomic E-state index is -1.73. The molecule has 3 aromatic carbocycles. The van der Waals surface area contributed by atoms with Gasteiger partial charge in [0.2, 0.25) is 59.1 Å². The Balaban J connectivity index is 1.59. The number of aliphatic imine (C=N–C) groups is 1. The van der Waals surface area contributed by atoms with Crippen LogP contribution in [0.4, 0.5) is 0 Å². The number of aromatic hydroxyl groups is 2. The van der Waals surface area contributed by atoms with Crippen LogP contribution in [-0.2, 0) is 78.4 Å². The first-order chi connectivity index (χ1) is 40.8. The van der Waals surface area contributed by atoms with E-state index in [0.29, 0.717) is 28.8 Å². The van der Waals surface area contributed by atoms with Gasteiger partial charge in [0.25, 0.3) is 0 Å². The number of hydrogen-bond acceptors (Lipinski definition) is 16. The number of rotatable bonds is 36. The number of carboxylic acids is 1. The summed E-state index contributed by atoms with van der Waals surface area (Å²) in [7, 11) is 0. The number of phenolic OH excluding ortho intramolecular Hbond substituents is 2. The van der Waals surface area contributed by atoms with Gasteiger partial charge in [0.1, 0.15) is 53.8 Å². The molecule has 30 nitrogen and oxygen atoms in total. The van der Waals surface area contributed by atoms with Gasteiger partial charge in [0.15, 0.2) is 5.96 Å². The van der Waals surface area contributed by atoms with Crippen molar-refractivity contribution in [2.24, 2.45) is 39.6 Å². The summed E-state index contributed by atoms with van der Waals surface area (Å²) < 4.78 is 0. The van der Waals surface area contributed by atoms with E-state index in [1.807, 2.05) is 0 Å². The molecule has 22 N–H and O–H groups in total. The van der Waals surface area contributed by atoms with Crippen molar-refractivity contribution in [3.63, 3.8) is 0 Å². The number of guanidine groups is 1. The second-order valence-corrected chi connectivity index (χ2v) is 20.3. The highest BCUT2D eigenvalue weighted by Gasteiger charge is 2.35. The number of amides is 10. The van der Waals surface area contributed by atoms with E-state index < -0.39 is 139 Å². The molecule has 0 unspecified atom stereocenters. The van der Waals surface area contributed by atoms with Crippen LogP contribution in [0.25, 0.3) is 0 Å². The van der Waals surface area contributed by atoms with E-state index in [1.165, 1.54) is 61.1 Å². The van der Waals surface area contributed by atoms with E-state index in [0.717, 1.165) is 0 Å². The molecular weight excluding hydrogens is 1120 g/mol. The van der Waals surface area contributed by atoms with Crippen LogP contribution in [-0.4, -0.2) is 158 Å². The van der Waals surface area contributed by atoms with Crippen molar-refractivity contribution in [2.75, 3.05) is 13.1 Å². The normalized spacial score (nSPS) is 14.0. The molecule has 464 valence electrons. The molecule has 1 heterocycles. The lowest BCUT2D eigenvalue weighted by atomic mass is 9.98. The molecule has 0 aliphatic heterocycles. The molecule has 0 radical (unpaired) electrons. The van der Waals surface area contributed by atoms with Gasteiger partial charge in [0.05, 0.1) is 25.3 Å². The van der Waals surface area contributed by atoms with Crippen LogP contribution in [0.5, 0.6) is 11.5 Å². The maximum Gasteiger partial charge on any atom is 0.326 e. The Morgan fingerprint density at radius 1 is 0.570 bits per heavy atom. The average Bonchev–Trinajstić information content (AvgIpc) is 4.09. The number of aromatic nitrogens is 2. The lowest BCUT2D eigenvalue weighted by molar-refractivity contribution is -0.144. The number of imidazole rings is 1. The Kier molecular flexibility index (Phi) is 27.4. The molecule has 0 spiro atoms. The Bertz CT molecular complexity index is 2980. The minimum absolute atomic E-state index is 0.0318. The number of aliphatic carboxylic acids is 1. The van der Waals surface area contributed by atoms with Crippen LogP contribution in [0.15, 0.2) is 96.4 Å². The van der Waals surface area contributed by atoms with Gasteiger partial charge in [-0.05, 0) is 66.1 Å². The van der Waals surface area contributed by atoms with E-state index in [-0.39, 0.29) is 68.9 Å². The van der Waals surface area contributed by atoms with E-state index in [1.54, 1.807) is 44.2 Å². The summed E-state index contributed by atoms with van der Waals surface area (Å²) in [5.41, 5.74) is 30.0. The van der Waals surface area contributed by atoms with Crippen molar-refractivity contribution in [1.82, 2.24) is 52.5 Å². The van der Waals surface area contributed by atoms with Crippen LogP contribution in [0.2, 0.25) is 0 Å². The van der Waals surface area contributed by atoms with Gasteiger partial charge in [-0.2, -0.15) is 0 Å². The van der Waals surface area contributed by atoms with Crippen LogP contribution < -0.4 is 71.2 Å². The number of H-pyrrole nitrogens is 1. The smallest absolute Gasteiger partial charge is 0.326 e. The standard InChI is InChI=1S/C56H76N16O14/c1-3-30(2)47(55(85)86)72-54(84)43(26-45(59)76)71-53(83)42(24-33-13-17-36(74)18-14-33)70-51(81)40(23-32-11-15-35(73)16-12-32)66-46(77)28-64-49(79)38(10-7-21-63-56(60)61)67-50(80)39(19-20-44(58)75)68-52(82)41(22-31-8-5-4-6-9-31)69-48(78)37(57)25-34-27-62-29-65-34/h4-6,8-9,11-18,27,29-30,37-43,47,73-74H,3,7,10,19-26,28,57H2,1-2H3,(H2,58,75)(H2,59,76)(H,62,65)(H,64,79)(H,66,77)(H,67,80)(H,68,82)(H,69,78)(H,70,81)(H,71,83)(H,72,84)(H,85,86)(H4,60,61,63)/t30-,37-,38-,39-,40-,41-,42-,43-,47-/m0/s1. The van der Waals surface area contributed by atoms with Gasteiger partial charge in [-0.25, -0.2) is 9.78 Å². The number of aromatic amines is 1. The van der Waals surface area contributed by atoms with Crippen molar-refractivity contribution >= 4 is 71.0 Å². The minimum Gasteiger partial charge on any atom is -0.508 e. The van der Waals surface area contributed by atoms with Gasteiger partial charge in [-0.15, -0.1) is 0 Å². The number of carboxylic acid groups (broad SMARTS) is 1. The highest BCUT2D eigenvalue weighted by Crippen LogP contribution is 2.16. The maximum absolute atomic E-state index is 14.4. The molecule has 10 amide bonds. The topological polar surface area (TPSA) is 516 Å². The molecule has 0 fully saturated rings. The number of hydrogen-bond donors (Lipinski definition) is 17. The summed E-state index contributed by atoms with van der Waals surface area (Å²) in [4.78, 5) is 159. The van der Waals surface area contributed by atoms with Gasteiger partial charge < -0.3 is 91.5 Å². The second kappa shape index (κ2) is 34.5. The van der Waals surface area contributed by atoms with Gasteiger partial charge >= 0.3 is 5.97 Å². The van der Waals surface area contributed by atoms with Crippen molar-refractivity contribution < 1.29 is 68.1 Å². The molecule has 0 aliphatic rings. The van der Waals surface area contributed by atoms with Gasteiger partial charge in [-0.1, -0.05) is 74.9 Å². The monoisotopic (exact) mass is 1200 g/mol. The Morgan fingerprint density at radius 3 is 1.53 bits per heavy atom. The summed E-state index contributed by atoms with van der Waals surface area (Å²) in [6.07, 6.45) is 0.862. The predicted octanol–water partition coefficient (Wildman–Crippen LogP) is -3.75. The largest absolute Gasteiger partial charge is 0.508 e. The summed E-state index contributed by atoms with van der Waals surface area (Å²) in [5.74, 6) is -12.1. The second-order valence-electron chi connectivity index (χ2n) is 20.3. The number of carbonyl (C=O) groups excluding carboxylic acids is 10. The Hall–Kier alpha value is -10.1.